The number of halogens is 1. The first-order valence-corrected chi connectivity index (χ1v) is 9.07. The number of Topliss-reactive ketones (excluding diaryl/α,β-unsaturated/α-hetero) is 1. The Morgan fingerprint density at radius 3 is 2.67 bits per heavy atom. The normalized spacial score (nSPS) is 16.2. The molecule has 0 saturated carbocycles. The van der Waals surface area contributed by atoms with Gasteiger partial charge in [-0.15, -0.1) is 0 Å². The van der Waals surface area contributed by atoms with Gasteiger partial charge in [-0.3, -0.25) is 10.2 Å². The molecule has 0 atom stereocenters. The number of thiazole rings is 1. The molecular weight excluding hydrogens is 342 g/mol. The molecule has 4 nitrogen and oxygen atoms in total. The summed E-state index contributed by atoms with van der Waals surface area (Å²) in [4.78, 5) is 16.7. The van der Waals surface area contributed by atoms with E-state index in [2.05, 4.69) is 15.5 Å². The molecule has 1 aromatic carbocycles. The fourth-order valence-electron chi connectivity index (χ4n) is 2.34. The third kappa shape index (κ3) is 3.74. The topological polar surface area (TPSA) is 54.4 Å². The second-order valence-corrected chi connectivity index (χ2v) is 6.29. The van der Waals surface area contributed by atoms with E-state index < -0.39 is 0 Å². The molecule has 0 unspecified atom stereocenters. The van der Waals surface area contributed by atoms with Crippen LogP contribution < -0.4 is 15.3 Å². The van der Waals surface area contributed by atoms with Crippen molar-refractivity contribution in [3.8, 4) is 0 Å². The van der Waals surface area contributed by atoms with E-state index >= 15 is 0 Å². The van der Waals surface area contributed by atoms with Crippen LogP contribution in [-0.4, -0.2) is 16.5 Å². The van der Waals surface area contributed by atoms with Crippen LogP contribution in [0.5, 0.6) is 0 Å². The van der Waals surface area contributed by atoms with E-state index in [9.17, 15) is 4.79 Å². The Morgan fingerprint density at radius 1 is 1.29 bits per heavy atom. The molecule has 0 aliphatic heterocycles. The molecule has 0 amide bonds. The predicted molar refractivity (Wildman–Crippen MR) is 104 cm³/mol. The van der Waals surface area contributed by atoms with E-state index in [1.54, 1.807) is 12.1 Å². The SMILES string of the molecule is C/C=c1/nc(N/N=C2/Cc3ccc(Cl)cc3C2=O)s/c1=C/C.CC. The standard InChI is InChI=1S/C16H14ClN3OS.C2H6/c1-3-12-14(4-2)22-16(18-12)20-19-13-7-9-5-6-10(17)8-11(9)15(13)21;1-2/h3-6,8H,7H2,1-2H3,(H,18,20);1-2H3/b12-3+,14-4+,19-13-;. The average molecular weight is 362 g/mol. The molecule has 0 fully saturated rings. The molecule has 2 aromatic rings. The minimum atomic E-state index is -0.0777. The maximum atomic E-state index is 12.3. The fourth-order valence-corrected chi connectivity index (χ4v) is 3.34. The molecule has 0 bridgehead atoms. The first-order chi connectivity index (χ1) is 11.6. The van der Waals surface area contributed by atoms with Crippen molar-refractivity contribution in [2.45, 2.75) is 34.1 Å². The predicted octanol–water partition coefficient (Wildman–Crippen LogP) is 3.63. The highest BCUT2D eigenvalue weighted by Crippen LogP contribution is 2.24. The number of benzene rings is 1. The Labute approximate surface area is 150 Å². The van der Waals surface area contributed by atoms with Crippen LogP contribution in [0.1, 0.15) is 43.6 Å². The van der Waals surface area contributed by atoms with Gasteiger partial charge in [-0.25, -0.2) is 4.98 Å². The lowest BCUT2D eigenvalue weighted by Gasteiger charge is -1.95. The number of aromatic nitrogens is 1. The number of ketones is 1. The van der Waals surface area contributed by atoms with Gasteiger partial charge in [0.2, 0.25) is 10.9 Å². The Balaban J connectivity index is 0.00000100. The van der Waals surface area contributed by atoms with Gasteiger partial charge >= 0.3 is 0 Å². The molecule has 1 heterocycles. The lowest BCUT2D eigenvalue weighted by Crippen LogP contribution is -2.19. The van der Waals surface area contributed by atoms with Crippen molar-refractivity contribution in [2.24, 2.45) is 5.10 Å². The molecule has 1 aromatic heterocycles. The average Bonchev–Trinajstić information content (AvgIpc) is 3.16. The van der Waals surface area contributed by atoms with E-state index in [1.807, 2.05) is 45.9 Å². The van der Waals surface area contributed by atoms with Crippen LogP contribution >= 0.6 is 22.9 Å². The summed E-state index contributed by atoms with van der Waals surface area (Å²) in [7, 11) is 0. The second kappa shape index (κ2) is 8.22. The molecule has 24 heavy (non-hydrogen) atoms. The Hall–Kier alpha value is -1.98. The van der Waals surface area contributed by atoms with Crippen LogP contribution in [-0.2, 0) is 6.42 Å². The molecule has 0 saturated heterocycles. The first-order valence-electron chi connectivity index (χ1n) is 7.87. The summed E-state index contributed by atoms with van der Waals surface area (Å²) in [6.07, 6.45) is 4.47. The third-order valence-corrected chi connectivity index (χ3v) is 4.72. The number of hydrogen-bond acceptors (Lipinski definition) is 5. The summed E-state index contributed by atoms with van der Waals surface area (Å²) in [5, 5.41) is 6.39. The number of hydrazone groups is 1. The van der Waals surface area contributed by atoms with Crippen molar-refractivity contribution < 1.29 is 4.79 Å². The maximum absolute atomic E-state index is 12.3. The smallest absolute Gasteiger partial charge is 0.209 e. The highest BCUT2D eigenvalue weighted by atomic mass is 35.5. The number of nitrogens with one attached hydrogen (secondary N) is 1. The Kier molecular flexibility index (Phi) is 6.29. The quantitative estimate of drug-likeness (QED) is 0.831. The van der Waals surface area contributed by atoms with Gasteiger partial charge in [0.05, 0.1) is 9.88 Å². The fraction of sp³-hybridized carbons (Fsp3) is 0.278. The molecule has 1 aliphatic carbocycles. The van der Waals surface area contributed by atoms with E-state index in [4.69, 9.17) is 11.6 Å². The van der Waals surface area contributed by atoms with Crippen molar-refractivity contribution in [2.75, 3.05) is 5.43 Å². The highest BCUT2D eigenvalue weighted by molar-refractivity contribution is 7.13. The molecule has 0 radical (unpaired) electrons. The molecular formula is C18H20ClN3OS. The zero-order valence-electron chi connectivity index (χ0n) is 14.2. The van der Waals surface area contributed by atoms with Gasteiger partial charge < -0.3 is 0 Å². The van der Waals surface area contributed by atoms with E-state index in [0.29, 0.717) is 27.9 Å². The summed E-state index contributed by atoms with van der Waals surface area (Å²) in [6.45, 7) is 7.91. The number of anilines is 1. The van der Waals surface area contributed by atoms with Gasteiger partial charge in [-0.05, 0) is 31.5 Å². The number of fused-ring (bicyclic) bond motifs is 1. The van der Waals surface area contributed by atoms with Crippen LogP contribution in [0.4, 0.5) is 5.13 Å². The number of hydrogen-bond donors (Lipinski definition) is 1. The van der Waals surface area contributed by atoms with E-state index in [-0.39, 0.29) is 5.78 Å². The minimum absolute atomic E-state index is 0.0777. The lowest BCUT2D eigenvalue weighted by molar-refractivity contribution is 0.106. The lowest BCUT2D eigenvalue weighted by atomic mass is 10.1. The Bertz CT molecular complexity index is 868. The van der Waals surface area contributed by atoms with Crippen LogP contribution in [0.25, 0.3) is 12.2 Å². The van der Waals surface area contributed by atoms with E-state index in [1.165, 1.54) is 11.3 Å². The van der Waals surface area contributed by atoms with Gasteiger partial charge in [0.25, 0.3) is 0 Å². The van der Waals surface area contributed by atoms with E-state index in [0.717, 1.165) is 15.4 Å². The van der Waals surface area contributed by atoms with Crippen LogP contribution in [0.3, 0.4) is 0 Å². The molecule has 126 valence electrons. The zero-order chi connectivity index (χ0) is 17.7. The Morgan fingerprint density at radius 2 is 2.04 bits per heavy atom. The largest absolute Gasteiger partial charge is 0.287 e. The third-order valence-electron chi connectivity index (χ3n) is 3.44. The minimum Gasteiger partial charge on any atom is -0.287 e. The van der Waals surface area contributed by atoms with Crippen LogP contribution in [0, 0.1) is 0 Å². The maximum Gasteiger partial charge on any atom is 0.209 e. The van der Waals surface area contributed by atoms with Crippen molar-refractivity contribution in [1.29, 1.82) is 0 Å². The molecule has 0 spiro atoms. The summed E-state index contributed by atoms with van der Waals surface area (Å²) in [5.41, 5.74) is 4.97. The molecule has 6 heteroatoms. The molecule has 3 rings (SSSR count). The number of rotatable bonds is 2. The summed E-state index contributed by atoms with van der Waals surface area (Å²) >= 11 is 7.44. The zero-order valence-corrected chi connectivity index (χ0v) is 15.8. The second-order valence-electron chi connectivity index (χ2n) is 4.82. The van der Waals surface area contributed by atoms with Crippen molar-refractivity contribution in [3.63, 3.8) is 0 Å². The van der Waals surface area contributed by atoms with Crippen LogP contribution in [0.2, 0.25) is 5.02 Å². The summed E-state index contributed by atoms with van der Waals surface area (Å²) < 4.78 is 1.08. The van der Waals surface area contributed by atoms with Crippen molar-refractivity contribution >= 4 is 51.7 Å². The molecule has 1 aliphatic rings. The van der Waals surface area contributed by atoms with Gasteiger partial charge in [0.1, 0.15) is 5.71 Å². The van der Waals surface area contributed by atoms with Gasteiger partial charge in [-0.1, -0.05) is 55.0 Å². The number of carbonyl (C=O) groups is 1. The van der Waals surface area contributed by atoms with Crippen LogP contribution in [0.15, 0.2) is 23.3 Å². The number of nitrogens with zero attached hydrogens (tertiary/aromatic N) is 2. The summed E-state index contributed by atoms with van der Waals surface area (Å²) in [6, 6.07) is 5.35. The molecule has 1 N–H and O–H groups in total. The monoisotopic (exact) mass is 361 g/mol. The summed E-state index contributed by atoms with van der Waals surface area (Å²) in [5.74, 6) is -0.0777. The van der Waals surface area contributed by atoms with Gasteiger partial charge in [0, 0.05) is 17.0 Å². The van der Waals surface area contributed by atoms with Crippen molar-refractivity contribution in [1.82, 2.24) is 4.98 Å². The van der Waals surface area contributed by atoms with Gasteiger partial charge in [-0.2, -0.15) is 5.10 Å². The first kappa shape index (κ1) is 18.4. The van der Waals surface area contributed by atoms with Crippen molar-refractivity contribution in [3.05, 3.63) is 44.2 Å². The van der Waals surface area contributed by atoms with Gasteiger partial charge in [0.15, 0.2) is 0 Å². The number of carbonyl (C=O) groups excluding carboxylic acids is 1. The highest BCUT2D eigenvalue weighted by Gasteiger charge is 2.26.